The molecule has 28 heavy (non-hydrogen) atoms. The summed E-state index contributed by atoms with van der Waals surface area (Å²) in [6, 6.07) is 6.63. The van der Waals surface area contributed by atoms with Crippen molar-refractivity contribution in [1.29, 1.82) is 0 Å². The van der Waals surface area contributed by atoms with Crippen molar-refractivity contribution in [2.24, 2.45) is 0 Å². The molecular formula is C20H23N5O3. The van der Waals surface area contributed by atoms with Gasteiger partial charge in [-0.25, -0.2) is 15.0 Å². The largest absolute Gasteiger partial charge is 0.388 e. The number of nitrogens with zero attached hydrogens (tertiary/aromatic N) is 4. The summed E-state index contributed by atoms with van der Waals surface area (Å²) in [5.41, 5.74) is 5.26. The molecule has 1 aliphatic carbocycles. The maximum Gasteiger partial charge on any atom is 0.167 e. The molecule has 0 radical (unpaired) electrons. The van der Waals surface area contributed by atoms with Crippen LogP contribution in [0.2, 0.25) is 0 Å². The van der Waals surface area contributed by atoms with Gasteiger partial charge in [0.25, 0.3) is 0 Å². The van der Waals surface area contributed by atoms with Gasteiger partial charge < -0.3 is 20.3 Å². The Labute approximate surface area is 162 Å². The Balaban J connectivity index is 1.40. The van der Waals surface area contributed by atoms with Crippen LogP contribution in [-0.2, 0) is 24.1 Å². The maximum atomic E-state index is 10.3. The number of anilines is 1. The van der Waals surface area contributed by atoms with Crippen molar-refractivity contribution < 1.29 is 14.9 Å². The first-order chi connectivity index (χ1) is 13.6. The molecule has 2 aromatic heterocycles. The number of ether oxygens (including phenoxy) is 1. The van der Waals surface area contributed by atoms with Crippen LogP contribution in [0.25, 0.3) is 11.2 Å². The van der Waals surface area contributed by atoms with Gasteiger partial charge in [-0.3, -0.25) is 4.57 Å². The Kier molecular flexibility index (Phi) is 4.26. The van der Waals surface area contributed by atoms with Crippen molar-refractivity contribution in [3.05, 3.63) is 47.5 Å². The van der Waals surface area contributed by atoms with Gasteiger partial charge in [-0.05, 0) is 42.9 Å². The van der Waals surface area contributed by atoms with E-state index in [2.05, 4.69) is 38.5 Å². The predicted octanol–water partition coefficient (Wildman–Crippen LogP) is 1.57. The fourth-order valence-electron chi connectivity index (χ4n) is 4.15. The molecule has 3 aromatic rings. The van der Waals surface area contributed by atoms with Crippen LogP contribution in [0, 0.1) is 0 Å². The lowest BCUT2D eigenvalue weighted by Gasteiger charge is -2.16. The molecule has 4 atom stereocenters. The number of aliphatic hydroxyl groups excluding tert-OH is 2. The minimum Gasteiger partial charge on any atom is -0.388 e. The van der Waals surface area contributed by atoms with Gasteiger partial charge in [-0.2, -0.15) is 0 Å². The van der Waals surface area contributed by atoms with E-state index in [1.54, 1.807) is 17.8 Å². The number of aryl methyl sites for hydroxylation is 2. The fraction of sp³-hybridized carbons (Fsp3) is 0.450. The van der Waals surface area contributed by atoms with E-state index in [0.29, 0.717) is 23.5 Å². The number of aliphatic hydroxyl groups is 2. The molecule has 0 bridgehead atoms. The third-order valence-electron chi connectivity index (χ3n) is 5.73. The molecule has 1 aliphatic heterocycles. The standard InChI is InChI=1S/C20H23N5O3/c1-11-16(26)17(27)20(28-11)25-10-24-15-18(22-9-23-19(15)25)21-8-12-5-6-13-3-2-4-14(13)7-12/h5-7,9-11,16-17,20,26-27H,2-4,8H2,1H3,(H,21,22,23)/t11-,16-,17-,20-/m1/s1. The molecule has 0 unspecified atom stereocenters. The Morgan fingerprint density at radius 1 is 1.14 bits per heavy atom. The zero-order chi connectivity index (χ0) is 19.3. The highest BCUT2D eigenvalue weighted by molar-refractivity contribution is 5.82. The lowest BCUT2D eigenvalue weighted by molar-refractivity contribution is -0.0299. The molecule has 3 heterocycles. The zero-order valence-corrected chi connectivity index (χ0v) is 15.6. The van der Waals surface area contributed by atoms with E-state index in [0.717, 1.165) is 6.42 Å². The number of hydrogen-bond acceptors (Lipinski definition) is 7. The molecule has 0 spiro atoms. The van der Waals surface area contributed by atoms with Gasteiger partial charge in [0.15, 0.2) is 23.2 Å². The van der Waals surface area contributed by atoms with Crippen molar-refractivity contribution in [2.45, 2.75) is 57.3 Å². The molecule has 1 saturated heterocycles. The van der Waals surface area contributed by atoms with Crippen molar-refractivity contribution in [2.75, 3.05) is 5.32 Å². The van der Waals surface area contributed by atoms with E-state index in [-0.39, 0.29) is 0 Å². The van der Waals surface area contributed by atoms with Crippen molar-refractivity contribution in [3.8, 4) is 0 Å². The molecule has 5 rings (SSSR count). The van der Waals surface area contributed by atoms with E-state index in [4.69, 9.17) is 4.74 Å². The average Bonchev–Trinajstić information content (AvgIpc) is 3.40. The van der Waals surface area contributed by atoms with Crippen LogP contribution >= 0.6 is 0 Å². The summed E-state index contributed by atoms with van der Waals surface area (Å²) >= 11 is 0. The van der Waals surface area contributed by atoms with Gasteiger partial charge in [0.05, 0.1) is 12.4 Å². The Morgan fingerprint density at radius 3 is 2.82 bits per heavy atom. The molecule has 1 fully saturated rings. The molecular weight excluding hydrogens is 358 g/mol. The van der Waals surface area contributed by atoms with Crippen molar-refractivity contribution in [1.82, 2.24) is 19.5 Å². The summed E-state index contributed by atoms with van der Waals surface area (Å²) in [6.07, 6.45) is 3.43. The molecule has 1 aromatic carbocycles. The predicted molar refractivity (Wildman–Crippen MR) is 103 cm³/mol. The SMILES string of the molecule is C[C@H]1O[C@@H](n2cnc3c(NCc4ccc5c(c4)CCC5)ncnc32)[C@H](O)[C@@H]1O. The number of fused-ring (bicyclic) bond motifs is 2. The zero-order valence-electron chi connectivity index (χ0n) is 15.6. The topological polar surface area (TPSA) is 105 Å². The molecule has 0 amide bonds. The summed E-state index contributed by atoms with van der Waals surface area (Å²) in [7, 11) is 0. The molecule has 8 nitrogen and oxygen atoms in total. The van der Waals surface area contributed by atoms with Crippen LogP contribution in [0.5, 0.6) is 0 Å². The second kappa shape index (κ2) is 6.80. The third-order valence-corrected chi connectivity index (χ3v) is 5.73. The lowest BCUT2D eigenvalue weighted by Crippen LogP contribution is -2.30. The number of rotatable bonds is 4. The van der Waals surface area contributed by atoms with Gasteiger partial charge in [0.2, 0.25) is 0 Å². The Morgan fingerprint density at radius 2 is 2.00 bits per heavy atom. The van der Waals surface area contributed by atoms with E-state index in [1.807, 2.05) is 0 Å². The first kappa shape index (κ1) is 17.5. The van der Waals surface area contributed by atoms with Crippen LogP contribution in [-0.4, -0.2) is 48.0 Å². The minimum atomic E-state index is -1.04. The maximum absolute atomic E-state index is 10.3. The van der Waals surface area contributed by atoms with Gasteiger partial charge in [0.1, 0.15) is 18.5 Å². The third kappa shape index (κ3) is 2.85. The Hall–Kier alpha value is -2.55. The fourth-order valence-corrected chi connectivity index (χ4v) is 4.15. The molecule has 3 N–H and O–H groups in total. The highest BCUT2D eigenvalue weighted by atomic mass is 16.6. The lowest BCUT2D eigenvalue weighted by atomic mass is 10.1. The van der Waals surface area contributed by atoms with Crippen LogP contribution < -0.4 is 5.32 Å². The van der Waals surface area contributed by atoms with E-state index in [9.17, 15) is 10.2 Å². The van der Waals surface area contributed by atoms with E-state index < -0.39 is 24.5 Å². The molecule has 0 saturated carbocycles. The molecule has 8 heteroatoms. The smallest absolute Gasteiger partial charge is 0.167 e. The van der Waals surface area contributed by atoms with Crippen LogP contribution in [0.15, 0.2) is 30.9 Å². The monoisotopic (exact) mass is 381 g/mol. The number of imidazole rings is 1. The first-order valence-electron chi connectivity index (χ1n) is 9.65. The highest BCUT2D eigenvalue weighted by Crippen LogP contribution is 2.32. The second-order valence-corrected chi connectivity index (χ2v) is 7.57. The number of aromatic nitrogens is 4. The summed E-state index contributed by atoms with van der Waals surface area (Å²) in [5, 5.41) is 23.6. The number of benzene rings is 1. The van der Waals surface area contributed by atoms with Gasteiger partial charge in [-0.15, -0.1) is 0 Å². The summed E-state index contributed by atoms with van der Waals surface area (Å²) in [4.78, 5) is 13.1. The highest BCUT2D eigenvalue weighted by Gasteiger charge is 2.42. The van der Waals surface area contributed by atoms with Crippen LogP contribution in [0.3, 0.4) is 0 Å². The second-order valence-electron chi connectivity index (χ2n) is 7.57. The Bertz CT molecular complexity index is 1020. The van der Waals surface area contributed by atoms with Gasteiger partial charge in [0, 0.05) is 6.54 Å². The number of hydrogen-bond donors (Lipinski definition) is 3. The van der Waals surface area contributed by atoms with Gasteiger partial charge >= 0.3 is 0 Å². The van der Waals surface area contributed by atoms with E-state index in [1.165, 1.54) is 35.9 Å². The first-order valence-corrected chi connectivity index (χ1v) is 9.65. The normalized spacial score (nSPS) is 26.7. The summed E-state index contributed by atoms with van der Waals surface area (Å²) in [5.74, 6) is 0.630. The van der Waals surface area contributed by atoms with Crippen LogP contribution in [0.4, 0.5) is 5.82 Å². The minimum absolute atomic E-state index is 0.461. The quantitative estimate of drug-likeness (QED) is 0.630. The van der Waals surface area contributed by atoms with Crippen molar-refractivity contribution in [3.63, 3.8) is 0 Å². The summed E-state index contributed by atoms with van der Waals surface area (Å²) < 4.78 is 7.34. The van der Waals surface area contributed by atoms with E-state index >= 15 is 0 Å². The molecule has 146 valence electrons. The molecule has 2 aliphatic rings. The van der Waals surface area contributed by atoms with Crippen molar-refractivity contribution >= 4 is 17.0 Å². The van der Waals surface area contributed by atoms with Gasteiger partial charge in [-0.1, -0.05) is 18.2 Å². The number of nitrogens with one attached hydrogen (secondary N) is 1. The van der Waals surface area contributed by atoms with Crippen LogP contribution in [0.1, 0.15) is 36.3 Å². The summed E-state index contributed by atoms with van der Waals surface area (Å²) in [6.45, 7) is 2.37. The average molecular weight is 381 g/mol.